The number of unbranched alkanes of at least 4 members (excludes halogenated alkanes) is 1. The van der Waals surface area contributed by atoms with Crippen molar-refractivity contribution >= 4 is 11.7 Å². The Kier molecular flexibility index (Phi) is 6.82. The fraction of sp³-hybridized carbons (Fsp3) is 0.867. The smallest absolute Gasteiger partial charge is 0.226 e. The second-order valence-electron chi connectivity index (χ2n) is 6.39. The molecule has 5 heteroatoms. The summed E-state index contributed by atoms with van der Waals surface area (Å²) in [5, 5.41) is 14.4. The Labute approximate surface area is 122 Å². The average molecular weight is 283 g/mol. The van der Waals surface area contributed by atoms with Crippen LogP contribution in [-0.4, -0.2) is 23.5 Å². The normalized spacial score (nSPS) is 18.4. The molecule has 0 atom stereocenters. The standard InChI is InChI=1S/C15H29N3O2/c1-12(2)11-15(8-4-5-9-15)14(19)17-10-6-3-7-13(16)18-20/h12,20H,3-11H2,1-2H3,(H2,16,18)(H,17,19). The molecule has 1 fully saturated rings. The van der Waals surface area contributed by atoms with Crippen LogP contribution in [0, 0.1) is 11.3 Å². The van der Waals surface area contributed by atoms with Crippen LogP contribution >= 0.6 is 0 Å². The van der Waals surface area contributed by atoms with Gasteiger partial charge in [-0.1, -0.05) is 31.8 Å². The van der Waals surface area contributed by atoms with Gasteiger partial charge in [0.1, 0.15) is 5.84 Å². The Bertz CT molecular complexity index is 334. The van der Waals surface area contributed by atoms with Crippen molar-refractivity contribution in [2.75, 3.05) is 6.54 Å². The number of nitrogens with two attached hydrogens (primary N) is 1. The predicted molar refractivity (Wildman–Crippen MR) is 80.6 cm³/mol. The van der Waals surface area contributed by atoms with Crippen molar-refractivity contribution in [2.24, 2.45) is 22.2 Å². The van der Waals surface area contributed by atoms with E-state index in [1.54, 1.807) is 0 Å². The lowest BCUT2D eigenvalue weighted by Crippen LogP contribution is -2.40. The first-order chi connectivity index (χ1) is 9.50. The van der Waals surface area contributed by atoms with Gasteiger partial charge in [0.05, 0.1) is 0 Å². The zero-order valence-corrected chi connectivity index (χ0v) is 12.8. The number of oxime groups is 1. The maximum atomic E-state index is 12.5. The van der Waals surface area contributed by atoms with Gasteiger partial charge in [-0.15, -0.1) is 0 Å². The van der Waals surface area contributed by atoms with Crippen LogP contribution < -0.4 is 11.1 Å². The molecule has 1 saturated carbocycles. The van der Waals surface area contributed by atoms with Crippen molar-refractivity contribution in [1.29, 1.82) is 0 Å². The number of amidine groups is 1. The number of nitrogens with one attached hydrogen (secondary N) is 1. The topological polar surface area (TPSA) is 87.7 Å². The number of amides is 1. The first-order valence-corrected chi connectivity index (χ1v) is 7.75. The molecule has 20 heavy (non-hydrogen) atoms. The number of hydrogen-bond donors (Lipinski definition) is 3. The number of rotatable bonds is 8. The quantitative estimate of drug-likeness (QED) is 0.210. The highest BCUT2D eigenvalue weighted by molar-refractivity contribution is 5.83. The molecule has 0 aromatic heterocycles. The first kappa shape index (κ1) is 16.8. The van der Waals surface area contributed by atoms with Gasteiger partial charge in [0.2, 0.25) is 5.91 Å². The maximum Gasteiger partial charge on any atom is 0.226 e. The Morgan fingerprint density at radius 3 is 2.55 bits per heavy atom. The van der Waals surface area contributed by atoms with E-state index in [-0.39, 0.29) is 17.2 Å². The van der Waals surface area contributed by atoms with Gasteiger partial charge >= 0.3 is 0 Å². The van der Waals surface area contributed by atoms with E-state index < -0.39 is 0 Å². The third-order valence-electron chi connectivity index (χ3n) is 4.12. The van der Waals surface area contributed by atoms with Gasteiger partial charge < -0.3 is 16.3 Å². The first-order valence-electron chi connectivity index (χ1n) is 7.75. The minimum atomic E-state index is -0.125. The van der Waals surface area contributed by atoms with Gasteiger partial charge in [-0.2, -0.15) is 0 Å². The second-order valence-corrected chi connectivity index (χ2v) is 6.39. The summed E-state index contributed by atoms with van der Waals surface area (Å²) in [6.07, 6.45) is 7.65. The highest BCUT2D eigenvalue weighted by Crippen LogP contribution is 2.43. The second kappa shape index (κ2) is 8.12. The highest BCUT2D eigenvalue weighted by atomic mass is 16.4. The SMILES string of the molecule is CC(C)CC1(C(=O)NCCCCC(N)=NO)CCCC1. The van der Waals surface area contributed by atoms with Crippen LogP contribution in [-0.2, 0) is 4.79 Å². The average Bonchev–Trinajstić information content (AvgIpc) is 2.86. The third kappa shape index (κ3) is 5.02. The van der Waals surface area contributed by atoms with Gasteiger partial charge in [-0.05, 0) is 38.0 Å². The molecule has 0 aromatic rings. The zero-order valence-electron chi connectivity index (χ0n) is 12.8. The van der Waals surface area contributed by atoms with Gasteiger partial charge in [-0.3, -0.25) is 4.79 Å². The summed E-state index contributed by atoms with van der Waals surface area (Å²) in [6.45, 7) is 5.05. The Morgan fingerprint density at radius 1 is 1.35 bits per heavy atom. The van der Waals surface area contributed by atoms with E-state index in [1.165, 1.54) is 12.8 Å². The molecule has 0 saturated heterocycles. The van der Waals surface area contributed by atoms with E-state index in [0.717, 1.165) is 32.1 Å². The van der Waals surface area contributed by atoms with Gasteiger partial charge in [0, 0.05) is 18.4 Å². The van der Waals surface area contributed by atoms with Crippen molar-refractivity contribution in [1.82, 2.24) is 5.32 Å². The van der Waals surface area contributed by atoms with E-state index >= 15 is 0 Å². The highest BCUT2D eigenvalue weighted by Gasteiger charge is 2.40. The van der Waals surface area contributed by atoms with Crippen molar-refractivity contribution in [2.45, 2.75) is 65.2 Å². The van der Waals surface area contributed by atoms with E-state index in [9.17, 15) is 4.79 Å². The molecule has 0 spiro atoms. The van der Waals surface area contributed by atoms with Crippen LogP contribution in [0.25, 0.3) is 0 Å². The van der Waals surface area contributed by atoms with Crippen LogP contribution in [0.3, 0.4) is 0 Å². The van der Waals surface area contributed by atoms with Crippen molar-refractivity contribution in [3.05, 3.63) is 0 Å². The Hall–Kier alpha value is -1.26. The molecule has 1 aliphatic carbocycles. The molecule has 116 valence electrons. The minimum absolute atomic E-state index is 0.125. The number of nitrogens with zero attached hydrogens (tertiary/aromatic N) is 1. The molecule has 0 radical (unpaired) electrons. The van der Waals surface area contributed by atoms with E-state index in [4.69, 9.17) is 10.9 Å². The molecule has 0 bridgehead atoms. The molecule has 0 heterocycles. The predicted octanol–water partition coefficient (Wildman–Crippen LogP) is 2.63. The molecule has 0 aliphatic heterocycles. The van der Waals surface area contributed by atoms with Crippen LogP contribution in [0.2, 0.25) is 0 Å². The van der Waals surface area contributed by atoms with Gasteiger partial charge in [0.25, 0.3) is 0 Å². The van der Waals surface area contributed by atoms with Crippen molar-refractivity contribution in [3.8, 4) is 0 Å². The lowest BCUT2D eigenvalue weighted by molar-refractivity contribution is -0.131. The third-order valence-corrected chi connectivity index (χ3v) is 4.12. The summed E-state index contributed by atoms with van der Waals surface area (Å²) < 4.78 is 0. The minimum Gasteiger partial charge on any atom is -0.409 e. The largest absolute Gasteiger partial charge is 0.409 e. The monoisotopic (exact) mass is 283 g/mol. The van der Waals surface area contributed by atoms with Crippen molar-refractivity contribution in [3.63, 3.8) is 0 Å². The van der Waals surface area contributed by atoms with Crippen LogP contribution in [0.1, 0.15) is 65.2 Å². The van der Waals surface area contributed by atoms with Crippen LogP contribution in [0.4, 0.5) is 0 Å². The fourth-order valence-corrected chi connectivity index (χ4v) is 3.23. The van der Waals surface area contributed by atoms with Crippen LogP contribution in [0.5, 0.6) is 0 Å². The van der Waals surface area contributed by atoms with E-state index in [1.807, 2.05) is 0 Å². The van der Waals surface area contributed by atoms with E-state index in [0.29, 0.717) is 18.9 Å². The Morgan fingerprint density at radius 2 is 2.00 bits per heavy atom. The summed E-state index contributed by atoms with van der Waals surface area (Å²) in [7, 11) is 0. The summed E-state index contributed by atoms with van der Waals surface area (Å²) >= 11 is 0. The molecular weight excluding hydrogens is 254 g/mol. The summed E-state index contributed by atoms with van der Waals surface area (Å²) in [5.74, 6) is 1.04. The molecule has 0 unspecified atom stereocenters. The lowest BCUT2D eigenvalue weighted by Gasteiger charge is -2.29. The molecule has 1 rings (SSSR count). The molecule has 4 N–H and O–H groups in total. The van der Waals surface area contributed by atoms with Gasteiger partial charge in [0.15, 0.2) is 0 Å². The summed E-state index contributed by atoms with van der Waals surface area (Å²) in [4.78, 5) is 12.5. The molecule has 0 aromatic carbocycles. The maximum absolute atomic E-state index is 12.5. The molecule has 1 amide bonds. The van der Waals surface area contributed by atoms with Crippen molar-refractivity contribution < 1.29 is 10.0 Å². The lowest BCUT2D eigenvalue weighted by atomic mass is 9.77. The number of carbonyl (C=O) groups excluding carboxylic acids is 1. The summed E-state index contributed by atoms with van der Waals surface area (Å²) in [5.41, 5.74) is 5.28. The molecule has 5 nitrogen and oxygen atoms in total. The summed E-state index contributed by atoms with van der Waals surface area (Å²) in [6, 6.07) is 0. The molecule has 1 aliphatic rings. The zero-order chi connectivity index (χ0) is 15.0. The fourth-order valence-electron chi connectivity index (χ4n) is 3.23. The number of carbonyl (C=O) groups is 1. The number of hydrogen-bond acceptors (Lipinski definition) is 3. The van der Waals surface area contributed by atoms with Crippen LogP contribution in [0.15, 0.2) is 5.16 Å². The molecular formula is C15H29N3O2. The van der Waals surface area contributed by atoms with Gasteiger partial charge in [-0.25, -0.2) is 0 Å². The van der Waals surface area contributed by atoms with E-state index in [2.05, 4.69) is 24.3 Å². The Balaban J connectivity index is 2.32.